The smallest absolute Gasteiger partial charge is 0.341 e. The summed E-state index contributed by atoms with van der Waals surface area (Å²) in [6, 6.07) is 4.50. The molecule has 0 amide bonds. The normalized spacial score (nSPS) is 11.3. The molecule has 0 aromatic heterocycles. The topological polar surface area (TPSA) is 65.0 Å². The largest absolute Gasteiger partial charge is 0.507 e. The first-order valence-corrected chi connectivity index (χ1v) is 5.00. The van der Waals surface area contributed by atoms with E-state index in [4.69, 9.17) is 9.47 Å². The Morgan fingerprint density at radius 3 is 2.29 bits per heavy atom. The first-order valence-electron chi connectivity index (χ1n) is 5.00. The van der Waals surface area contributed by atoms with Gasteiger partial charge in [-0.1, -0.05) is 0 Å². The van der Waals surface area contributed by atoms with E-state index in [9.17, 15) is 9.90 Å². The molecule has 0 spiro atoms. The number of hydrogen-bond acceptors (Lipinski definition) is 5. The van der Waals surface area contributed by atoms with Gasteiger partial charge in [0.15, 0.2) is 5.79 Å². The van der Waals surface area contributed by atoms with Crippen LogP contribution >= 0.6 is 0 Å². The number of aromatic hydroxyl groups is 1. The molecule has 0 radical (unpaired) electrons. The molecular formula is C12H16O5. The molecule has 17 heavy (non-hydrogen) atoms. The van der Waals surface area contributed by atoms with Crippen molar-refractivity contribution in [3.05, 3.63) is 29.3 Å². The second-order valence-corrected chi connectivity index (χ2v) is 3.58. The van der Waals surface area contributed by atoms with Gasteiger partial charge in [0, 0.05) is 19.8 Å². The van der Waals surface area contributed by atoms with E-state index < -0.39 is 11.8 Å². The van der Waals surface area contributed by atoms with E-state index in [0.29, 0.717) is 5.56 Å². The lowest BCUT2D eigenvalue weighted by molar-refractivity contribution is -0.201. The Morgan fingerprint density at radius 2 is 1.82 bits per heavy atom. The van der Waals surface area contributed by atoms with Gasteiger partial charge in [0.05, 0.1) is 7.11 Å². The highest BCUT2D eigenvalue weighted by Gasteiger charge is 2.27. The number of carbonyl (C=O) groups is 1. The summed E-state index contributed by atoms with van der Waals surface area (Å²) in [5.41, 5.74) is 0.686. The fraction of sp³-hybridized carbons (Fsp3) is 0.417. The Hall–Kier alpha value is -1.59. The van der Waals surface area contributed by atoms with Gasteiger partial charge in [-0.15, -0.1) is 0 Å². The summed E-state index contributed by atoms with van der Waals surface area (Å²) in [6.07, 6.45) is 0. The SMILES string of the molecule is COC(=O)c1cc(C(C)(OC)OC)ccc1O. The number of phenolic OH excluding ortho intramolecular Hbond substituents is 1. The van der Waals surface area contributed by atoms with E-state index in [1.165, 1.54) is 33.5 Å². The predicted molar refractivity (Wildman–Crippen MR) is 60.8 cm³/mol. The third-order valence-corrected chi connectivity index (χ3v) is 2.71. The molecule has 1 aromatic rings. The average Bonchev–Trinajstić information content (AvgIpc) is 2.37. The van der Waals surface area contributed by atoms with Crippen LogP contribution in [0.25, 0.3) is 0 Å². The van der Waals surface area contributed by atoms with Gasteiger partial charge in [-0.3, -0.25) is 0 Å². The van der Waals surface area contributed by atoms with Crippen molar-refractivity contribution in [3.63, 3.8) is 0 Å². The zero-order valence-electron chi connectivity index (χ0n) is 10.3. The Labute approximate surface area is 99.9 Å². The van der Waals surface area contributed by atoms with Gasteiger partial charge in [0.1, 0.15) is 11.3 Å². The first-order chi connectivity index (χ1) is 7.98. The van der Waals surface area contributed by atoms with Crippen LogP contribution in [0.15, 0.2) is 18.2 Å². The van der Waals surface area contributed by atoms with E-state index in [1.54, 1.807) is 13.0 Å². The lowest BCUT2D eigenvalue weighted by Crippen LogP contribution is -2.26. The van der Waals surface area contributed by atoms with E-state index in [1.807, 2.05) is 0 Å². The molecule has 94 valence electrons. The summed E-state index contributed by atoms with van der Waals surface area (Å²) >= 11 is 0. The number of phenols is 1. The molecule has 1 rings (SSSR count). The molecular weight excluding hydrogens is 224 g/mol. The monoisotopic (exact) mass is 240 g/mol. The van der Waals surface area contributed by atoms with Gasteiger partial charge in [-0.05, 0) is 25.1 Å². The highest BCUT2D eigenvalue weighted by atomic mass is 16.7. The number of methoxy groups -OCH3 is 3. The second kappa shape index (κ2) is 5.16. The summed E-state index contributed by atoms with van der Waals surface area (Å²) in [5.74, 6) is -1.73. The quantitative estimate of drug-likeness (QED) is 0.640. The van der Waals surface area contributed by atoms with Crippen molar-refractivity contribution in [1.82, 2.24) is 0 Å². The van der Waals surface area contributed by atoms with E-state index in [0.717, 1.165) is 0 Å². The fourth-order valence-electron chi connectivity index (χ4n) is 1.41. The summed E-state index contributed by atoms with van der Waals surface area (Å²) in [4.78, 5) is 11.4. The Kier molecular flexibility index (Phi) is 4.09. The minimum atomic E-state index is -0.976. The Bertz CT molecular complexity index is 409. The molecule has 5 nitrogen and oxygen atoms in total. The summed E-state index contributed by atoms with van der Waals surface area (Å²) < 4.78 is 15.0. The van der Waals surface area contributed by atoms with Crippen LogP contribution in [-0.4, -0.2) is 32.4 Å². The third-order valence-electron chi connectivity index (χ3n) is 2.71. The van der Waals surface area contributed by atoms with E-state index in [2.05, 4.69) is 4.74 Å². The zero-order valence-corrected chi connectivity index (χ0v) is 10.3. The van der Waals surface area contributed by atoms with Crippen LogP contribution in [0.3, 0.4) is 0 Å². The van der Waals surface area contributed by atoms with Gasteiger partial charge >= 0.3 is 5.97 Å². The van der Waals surface area contributed by atoms with Crippen LogP contribution < -0.4 is 0 Å². The number of hydrogen-bond donors (Lipinski definition) is 1. The molecule has 0 saturated heterocycles. The molecule has 0 bridgehead atoms. The molecule has 1 N–H and O–H groups in total. The Balaban J connectivity index is 3.25. The van der Waals surface area contributed by atoms with Crippen molar-refractivity contribution in [1.29, 1.82) is 0 Å². The molecule has 0 atom stereocenters. The summed E-state index contributed by atoms with van der Waals surface area (Å²) in [7, 11) is 4.24. The molecule has 0 heterocycles. The minimum absolute atomic E-state index is 0.0744. The van der Waals surface area contributed by atoms with Crippen LogP contribution in [-0.2, 0) is 20.0 Å². The Morgan fingerprint density at radius 1 is 1.24 bits per heavy atom. The van der Waals surface area contributed by atoms with E-state index in [-0.39, 0.29) is 11.3 Å². The number of rotatable bonds is 4. The summed E-state index contributed by atoms with van der Waals surface area (Å²) in [6.45, 7) is 1.71. The molecule has 0 aliphatic carbocycles. The van der Waals surface area contributed by atoms with Crippen molar-refractivity contribution in [2.24, 2.45) is 0 Å². The number of carbonyl (C=O) groups excluding carboxylic acids is 1. The molecule has 0 aliphatic rings. The van der Waals surface area contributed by atoms with Gasteiger partial charge < -0.3 is 19.3 Å². The number of benzene rings is 1. The number of ether oxygens (including phenoxy) is 3. The van der Waals surface area contributed by atoms with Gasteiger partial charge in [0.25, 0.3) is 0 Å². The maximum atomic E-state index is 11.4. The van der Waals surface area contributed by atoms with Gasteiger partial charge in [-0.25, -0.2) is 4.79 Å². The van der Waals surface area contributed by atoms with Crippen molar-refractivity contribution < 1.29 is 24.1 Å². The van der Waals surface area contributed by atoms with Crippen LogP contribution in [0.4, 0.5) is 0 Å². The maximum Gasteiger partial charge on any atom is 0.341 e. The molecule has 1 aromatic carbocycles. The van der Waals surface area contributed by atoms with E-state index >= 15 is 0 Å². The van der Waals surface area contributed by atoms with Crippen LogP contribution in [0.2, 0.25) is 0 Å². The third kappa shape index (κ3) is 2.57. The molecule has 0 saturated carbocycles. The predicted octanol–water partition coefficient (Wildman–Crippen LogP) is 1.64. The minimum Gasteiger partial charge on any atom is -0.507 e. The van der Waals surface area contributed by atoms with Gasteiger partial charge in [-0.2, -0.15) is 0 Å². The molecule has 0 unspecified atom stereocenters. The highest BCUT2D eigenvalue weighted by molar-refractivity contribution is 5.92. The van der Waals surface area contributed by atoms with Crippen molar-refractivity contribution in [3.8, 4) is 5.75 Å². The van der Waals surface area contributed by atoms with Crippen LogP contribution in [0.5, 0.6) is 5.75 Å². The first kappa shape index (κ1) is 13.5. The fourth-order valence-corrected chi connectivity index (χ4v) is 1.41. The van der Waals surface area contributed by atoms with Crippen LogP contribution in [0.1, 0.15) is 22.8 Å². The second-order valence-electron chi connectivity index (χ2n) is 3.58. The lowest BCUT2D eigenvalue weighted by Gasteiger charge is -2.27. The number of esters is 1. The molecule has 0 aliphatic heterocycles. The van der Waals surface area contributed by atoms with Crippen molar-refractivity contribution >= 4 is 5.97 Å². The lowest BCUT2D eigenvalue weighted by atomic mass is 10.0. The van der Waals surface area contributed by atoms with Crippen LogP contribution in [0, 0.1) is 0 Å². The molecule has 0 fully saturated rings. The highest BCUT2D eigenvalue weighted by Crippen LogP contribution is 2.29. The maximum absolute atomic E-state index is 11.4. The van der Waals surface area contributed by atoms with Crippen molar-refractivity contribution in [2.75, 3.05) is 21.3 Å². The molecule has 5 heteroatoms. The van der Waals surface area contributed by atoms with Crippen molar-refractivity contribution in [2.45, 2.75) is 12.7 Å². The van der Waals surface area contributed by atoms with Gasteiger partial charge in [0.2, 0.25) is 0 Å². The summed E-state index contributed by atoms with van der Waals surface area (Å²) in [5, 5.41) is 9.57. The standard InChI is InChI=1S/C12H16O5/c1-12(16-3,17-4)8-5-6-10(13)9(7-8)11(14)15-2/h5-7,13H,1-4H3. The zero-order chi connectivity index (χ0) is 13.1. The average molecular weight is 240 g/mol.